The number of aromatic nitrogens is 2. The van der Waals surface area contributed by atoms with E-state index in [-0.39, 0.29) is 10.9 Å². The smallest absolute Gasteiger partial charge is 0.199 e. The highest BCUT2D eigenvalue weighted by Gasteiger charge is 2.17. The van der Waals surface area contributed by atoms with Crippen LogP contribution >= 0.6 is 0 Å². The molecule has 0 aliphatic rings. The zero-order valence-corrected chi connectivity index (χ0v) is 19.4. The molecule has 3 aromatic carbocycles. The summed E-state index contributed by atoms with van der Waals surface area (Å²) >= 11 is 0. The van der Waals surface area contributed by atoms with E-state index in [0.29, 0.717) is 27.2 Å². The van der Waals surface area contributed by atoms with Gasteiger partial charge in [0.1, 0.15) is 0 Å². The number of pyridine rings is 2. The normalized spacial score (nSPS) is 11.7. The number of nitrogens with zero attached hydrogens (tertiary/aromatic N) is 1. The van der Waals surface area contributed by atoms with Gasteiger partial charge >= 0.3 is 0 Å². The van der Waals surface area contributed by atoms with E-state index in [4.69, 9.17) is 0 Å². The predicted molar refractivity (Wildman–Crippen MR) is 140 cm³/mol. The number of hydrogen-bond acceptors (Lipinski definition) is 3. The molecule has 5 aromatic rings. The van der Waals surface area contributed by atoms with E-state index in [2.05, 4.69) is 47.8 Å². The van der Waals surface area contributed by atoms with Crippen LogP contribution in [-0.2, 0) is 6.42 Å². The van der Waals surface area contributed by atoms with Gasteiger partial charge in [0.25, 0.3) is 0 Å². The first-order valence-electron chi connectivity index (χ1n) is 11.9. The standard InChI is InChI=1S/C28H29N3O2/c1-4-11-31(12-5-2)25-14-17(6-3)13-24-26(25)28(33)20-16-22-19(15-23(20)30-24)27(32)18-9-7-8-10-21(18)29-22/h7-10,13-16H,4-6,11-12H2,1-3H3,(H,29,32)(H,30,33). The minimum Gasteiger partial charge on any atom is -0.371 e. The van der Waals surface area contributed by atoms with Crippen LogP contribution < -0.4 is 15.8 Å². The third kappa shape index (κ3) is 3.48. The van der Waals surface area contributed by atoms with Gasteiger partial charge in [0.2, 0.25) is 0 Å². The minimum absolute atomic E-state index is 0.00418. The van der Waals surface area contributed by atoms with Crippen LogP contribution in [-0.4, -0.2) is 23.1 Å². The fourth-order valence-corrected chi connectivity index (χ4v) is 4.91. The molecule has 0 atom stereocenters. The van der Waals surface area contributed by atoms with Crippen molar-refractivity contribution in [1.29, 1.82) is 0 Å². The Bertz CT molecular complexity index is 1620. The monoisotopic (exact) mass is 439 g/mol. The second-order valence-electron chi connectivity index (χ2n) is 8.78. The van der Waals surface area contributed by atoms with Gasteiger partial charge in [-0.15, -0.1) is 0 Å². The topological polar surface area (TPSA) is 69.0 Å². The molecule has 5 nitrogen and oxygen atoms in total. The average Bonchev–Trinajstić information content (AvgIpc) is 2.83. The molecule has 0 aliphatic carbocycles. The number of hydrogen-bond donors (Lipinski definition) is 2. The summed E-state index contributed by atoms with van der Waals surface area (Å²) in [6.45, 7) is 8.28. The Balaban J connectivity index is 1.89. The molecule has 2 aromatic heterocycles. The van der Waals surface area contributed by atoms with Crippen molar-refractivity contribution in [3.63, 3.8) is 0 Å². The Kier molecular flexibility index (Phi) is 5.41. The number of nitrogens with one attached hydrogen (secondary N) is 2. The maximum absolute atomic E-state index is 13.9. The number of H-pyrrole nitrogens is 2. The van der Waals surface area contributed by atoms with Gasteiger partial charge in [-0.1, -0.05) is 32.9 Å². The number of fused-ring (bicyclic) bond motifs is 4. The van der Waals surface area contributed by atoms with Gasteiger partial charge in [0.15, 0.2) is 10.9 Å². The summed E-state index contributed by atoms with van der Waals surface area (Å²) in [5.74, 6) is 0. The third-order valence-electron chi connectivity index (χ3n) is 6.50. The van der Waals surface area contributed by atoms with Crippen LogP contribution in [0.25, 0.3) is 43.6 Å². The lowest BCUT2D eigenvalue weighted by atomic mass is 10.0. The molecule has 0 saturated carbocycles. The van der Waals surface area contributed by atoms with E-state index in [1.165, 1.54) is 5.56 Å². The highest BCUT2D eigenvalue weighted by atomic mass is 16.1. The Morgan fingerprint density at radius 2 is 1.33 bits per heavy atom. The summed E-state index contributed by atoms with van der Waals surface area (Å²) in [6, 6.07) is 15.4. The van der Waals surface area contributed by atoms with Crippen molar-refractivity contribution in [2.24, 2.45) is 0 Å². The summed E-state index contributed by atoms with van der Waals surface area (Å²) in [7, 11) is 0. The summed E-state index contributed by atoms with van der Waals surface area (Å²) in [4.78, 5) is 36.2. The summed E-state index contributed by atoms with van der Waals surface area (Å²) in [5.41, 5.74) is 5.15. The van der Waals surface area contributed by atoms with Crippen molar-refractivity contribution < 1.29 is 0 Å². The third-order valence-corrected chi connectivity index (χ3v) is 6.50. The Morgan fingerprint density at radius 3 is 2.00 bits per heavy atom. The fraction of sp³-hybridized carbons (Fsp3) is 0.286. The zero-order valence-electron chi connectivity index (χ0n) is 19.4. The van der Waals surface area contributed by atoms with Crippen LogP contribution in [0.5, 0.6) is 0 Å². The number of rotatable bonds is 6. The van der Waals surface area contributed by atoms with E-state index < -0.39 is 0 Å². The molecule has 0 fully saturated rings. The second kappa shape index (κ2) is 8.39. The average molecular weight is 440 g/mol. The van der Waals surface area contributed by atoms with Gasteiger partial charge in [0, 0.05) is 34.8 Å². The van der Waals surface area contributed by atoms with Crippen molar-refractivity contribution in [2.45, 2.75) is 40.0 Å². The summed E-state index contributed by atoms with van der Waals surface area (Å²) < 4.78 is 0. The van der Waals surface area contributed by atoms with Crippen LogP contribution in [0, 0.1) is 0 Å². The zero-order chi connectivity index (χ0) is 23.1. The lowest BCUT2D eigenvalue weighted by molar-refractivity contribution is 0.746. The van der Waals surface area contributed by atoms with Crippen molar-refractivity contribution in [1.82, 2.24) is 9.97 Å². The van der Waals surface area contributed by atoms with E-state index >= 15 is 0 Å². The molecule has 0 spiro atoms. The summed E-state index contributed by atoms with van der Waals surface area (Å²) in [6.07, 6.45) is 2.92. The van der Waals surface area contributed by atoms with Gasteiger partial charge in [-0.3, -0.25) is 9.59 Å². The SMILES string of the molecule is CCCN(CCC)c1cc(CC)cc2[nH]c3cc4c(=O)c5ccccc5[nH]c4cc3c(=O)c12. The molecular formula is C28H29N3O2. The molecule has 2 heterocycles. The van der Waals surface area contributed by atoms with Crippen LogP contribution in [0.4, 0.5) is 5.69 Å². The van der Waals surface area contributed by atoms with E-state index in [9.17, 15) is 9.59 Å². The predicted octanol–water partition coefficient (Wildman–Crippen LogP) is 5.86. The fourth-order valence-electron chi connectivity index (χ4n) is 4.91. The molecule has 5 heteroatoms. The molecule has 2 N–H and O–H groups in total. The van der Waals surface area contributed by atoms with Crippen molar-refractivity contribution in [3.8, 4) is 0 Å². The van der Waals surface area contributed by atoms with Gasteiger partial charge in [-0.25, -0.2) is 0 Å². The quantitative estimate of drug-likeness (QED) is 0.325. The van der Waals surface area contributed by atoms with E-state index in [1.807, 2.05) is 36.4 Å². The van der Waals surface area contributed by atoms with Crippen molar-refractivity contribution >= 4 is 49.3 Å². The molecule has 168 valence electrons. The molecule has 0 aliphatic heterocycles. The largest absolute Gasteiger partial charge is 0.371 e. The molecule has 33 heavy (non-hydrogen) atoms. The number of aryl methyl sites for hydroxylation is 1. The van der Waals surface area contributed by atoms with Crippen LogP contribution in [0.1, 0.15) is 39.2 Å². The minimum atomic E-state index is -0.0257. The maximum Gasteiger partial charge on any atom is 0.199 e. The van der Waals surface area contributed by atoms with E-state index in [0.717, 1.165) is 54.5 Å². The van der Waals surface area contributed by atoms with Gasteiger partial charge in [-0.05, 0) is 61.2 Å². The first kappa shape index (κ1) is 21.3. The molecule has 5 rings (SSSR count). The molecule has 0 saturated heterocycles. The number of benzene rings is 3. The molecule has 0 amide bonds. The number of para-hydroxylation sites is 1. The first-order chi connectivity index (χ1) is 16.0. The van der Waals surface area contributed by atoms with Crippen LogP contribution in [0.3, 0.4) is 0 Å². The Labute approximate surface area is 192 Å². The lowest BCUT2D eigenvalue weighted by Crippen LogP contribution is -2.26. The lowest BCUT2D eigenvalue weighted by Gasteiger charge is -2.26. The van der Waals surface area contributed by atoms with Gasteiger partial charge in [0.05, 0.1) is 27.6 Å². The van der Waals surface area contributed by atoms with Crippen LogP contribution in [0.15, 0.2) is 58.1 Å². The second-order valence-corrected chi connectivity index (χ2v) is 8.78. The van der Waals surface area contributed by atoms with E-state index in [1.54, 1.807) is 0 Å². The summed E-state index contributed by atoms with van der Waals surface area (Å²) in [5, 5.41) is 2.56. The molecular weight excluding hydrogens is 410 g/mol. The Hall–Kier alpha value is -3.60. The van der Waals surface area contributed by atoms with Crippen molar-refractivity contribution in [2.75, 3.05) is 18.0 Å². The van der Waals surface area contributed by atoms with Gasteiger partial charge < -0.3 is 14.9 Å². The highest BCUT2D eigenvalue weighted by molar-refractivity contribution is 6.05. The maximum atomic E-state index is 13.9. The first-order valence-corrected chi connectivity index (χ1v) is 11.9. The molecule has 0 bridgehead atoms. The highest BCUT2D eigenvalue weighted by Crippen LogP contribution is 2.29. The number of anilines is 1. The number of aromatic amines is 2. The van der Waals surface area contributed by atoms with Crippen LogP contribution in [0.2, 0.25) is 0 Å². The molecule has 0 radical (unpaired) electrons. The molecule has 0 unspecified atom stereocenters. The van der Waals surface area contributed by atoms with Gasteiger partial charge in [-0.2, -0.15) is 0 Å². The van der Waals surface area contributed by atoms with Crippen molar-refractivity contribution in [3.05, 3.63) is 74.5 Å². The Morgan fingerprint density at radius 1 is 0.697 bits per heavy atom.